The number of carbonyl (C=O) groups is 3. The van der Waals surface area contributed by atoms with E-state index >= 15 is 0 Å². The van der Waals surface area contributed by atoms with Gasteiger partial charge in [-0.1, -0.05) is 42.5 Å². The molecule has 2 amide bonds. The molecule has 2 aromatic carbocycles. The number of hydrogen-bond donors (Lipinski definition) is 4. The highest BCUT2D eigenvalue weighted by atomic mass is 16.6. The van der Waals surface area contributed by atoms with Gasteiger partial charge in [0.2, 0.25) is 0 Å². The zero-order chi connectivity index (χ0) is 23.0. The molecule has 0 aliphatic rings. The van der Waals surface area contributed by atoms with Gasteiger partial charge >= 0.3 is 18.2 Å². The smallest absolute Gasteiger partial charge is 0.412 e. The second-order valence-electron chi connectivity index (χ2n) is 7.80. The third kappa shape index (κ3) is 7.98. The van der Waals surface area contributed by atoms with Crippen molar-refractivity contribution >= 4 is 29.5 Å². The fourth-order valence-corrected chi connectivity index (χ4v) is 2.62. The number of nitrogens with two attached hydrogens (primary N) is 1. The lowest BCUT2D eigenvalue weighted by Crippen LogP contribution is -2.33. The maximum Gasteiger partial charge on any atom is 0.412 e. The molecule has 0 unspecified atom stereocenters. The molecule has 0 saturated carbocycles. The topological polar surface area (TPSA) is 140 Å². The minimum atomic E-state index is -1.20. The van der Waals surface area contributed by atoms with E-state index < -0.39 is 29.8 Å². The van der Waals surface area contributed by atoms with Crippen LogP contribution in [0.1, 0.15) is 31.9 Å². The lowest BCUT2D eigenvalue weighted by Gasteiger charge is -2.21. The van der Waals surface area contributed by atoms with E-state index in [1.165, 1.54) is 0 Å². The van der Waals surface area contributed by atoms with Crippen LogP contribution in [0, 0.1) is 0 Å². The van der Waals surface area contributed by atoms with Gasteiger partial charge in [0, 0.05) is 6.42 Å². The zero-order valence-electron chi connectivity index (χ0n) is 17.7. The van der Waals surface area contributed by atoms with E-state index in [0.717, 1.165) is 5.56 Å². The molecule has 166 valence electrons. The fourth-order valence-electron chi connectivity index (χ4n) is 2.62. The van der Waals surface area contributed by atoms with E-state index in [1.807, 2.05) is 30.3 Å². The van der Waals surface area contributed by atoms with Gasteiger partial charge in [0.25, 0.3) is 0 Å². The molecule has 9 heteroatoms. The number of nitrogens with one attached hydrogen (secondary N) is 2. The number of anilines is 2. The summed E-state index contributed by atoms with van der Waals surface area (Å²) in [6.07, 6.45) is -1.58. The molecule has 2 rings (SSSR count). The first-order valence-electron chi connectivity index (χ1n) is 9.63. The van der Waals surface area contributed by atoms with Crippen LogP contribution >= 0.6 is 0 Å². The van der Waals surface area contributed by atoms with Gasteiger partial charge < -0.3 is 20.3 Å². The first-order valence-corrected chi connectivity index (χ1v) is 9.63. The van der Waals surface area contributed by atoms with E-state index in [4.69, 9.17) is 20.3 Å². The quantitative estimate of drug-likeness (QED) is 0.525. The van der Waals surface area contributed by atoms with Crippen LogP contribution in [-0.2, 0) is 27.3 Å². The van der Waals surface area contributed by atoms with Crippen LogP contribution < -0.4 is 16.4 Å². The van der Waals surface area contributed by atoms with Crippen LogP contribution in [0.4, 0.5) is 21.0 Å². The molecule has 0 bridgehead atoms. The molecule has 1 atom stereocenters. The van der Waals surface area contributed by atoms with Gasteiger partial charge in [0.1, 0.15) is 18.2 Å². The Morgan fingerprint density at radius 3 is 2.29 bits per heavy atom. The van der Waals surface area contributed by atoms with Gasteiger partial charge in [-0.15, -0.1) is 0 Å². The Morgan fingerprint density at radius 1 is 1.00 bits per heavy atom. The number of carbonyl (C=O) groups excluding carboxylic acids is 2. The molecular weight excluding hydrogens is 402 g/mol. The van der Waals surface area contributed by atoms with Crippen LogP contribution in [0.15, 0.2) is 48.5 Å². The third-order valence-corrected chi connectivity index (χ3v) is 3.98. The average Bonchev–Trinajstić information content (AvgIpc) is 2.68. The summed E-state index contributed by atoms with van der Waals surface area (Å²) in [4.78, 5) is 35.8. The van der Waals surface area contributed by atoms with Crippen molar-refractivity contribution in [2.24, 2.45) is 5.73 Å². The molecule has 0 saturated heterocycles. The molecule has 0 aliphatic carbocycles. The molecular formula is C22H27N3O6. The molecule has 31 heavy (non-hydrogen) atoms. The molecule has 2 aromatic rings. The summed E-state index contributed by atoms with van der Waals surface area (Å²) in [6, 6.07) is 12.7. The van der Waals surface area contributed by atoms with Crippen molar-refractivity contribution in [3.05, 3.63) is 59.7 Å². The molecule has 0 aliphatic heterocycles. The molecule has 0 radical (unpaired) electrons. The average molecular weight is 429 g/mol. The van der Waals surface area contributed by atoms with Crippen LogP contribution in [-0.4, -0.2) is 34.9 Å². The minimum absolute atomic E-state index is 0.0400. The number of para-hydroxylation sites is 1. The number of benzene rings is 2. The van der Waals surface area contributed by atoms with Crippen molar-refractivity contribution < 1.29 is 29.0 Å². The Labute approximate surface area is 180 Å². The van der Waals surface area contributed by atoms with Gasteiger partial charge in [0.05, 0.1) is 11.4 Å². The van der Waals surface area contributed by atoms with Gasteiger partial charge in [0.15, 0.2) is 0 Å². The summed E-state index contributed by atoms with van der Waals surface area (Å²) in [5.74, 6) is -1.19. The number of carboxylic acids is 1. The lowest BCUT2D eigenvalue weighted by atomic mass is 10.0. The predicted molar refractivity (Wildman–Crippen MR) is 116 cm³/mol. The van der Waals surface area contributed by atoms with Crippen molar-refractivity contribution in [3.63, 3.8) is 0 Å². The minimum Gasteiger partial charge on any atom is -0.480 e. The lowest BCUT2D eigenvalue weighted by molar-refractivity contribution is -0.138. The maximum atomic E-state index is 12.4. The number of carboxylic acid groups (broad SMARTS) is 1. The Hall–Kier alpha value is -3.59. The number of ether oxygens (including phenoxy) is 2. The van der Waals surface area contributed by atoms with Gasteiger partial charge in [-0.2, -0.15) is 0 Å². The van der Waals surface area contributed by atoms with Gasteiger partial charge in [-0.05, 0) is 38.0 Å². The Morgan fingerprint density at radius 2 is 1.68 bits per heavy atom. The van der Waals surface area contributed by atoms with Crippen molar-refractivity contribution in [3.8, 4) is 0 Å². The second kappa shape index (κ2) is 10.4. The highest BCUT2D eigenvalue weighted by molar-refractivity contribution is 5.96. The summed E-state index contributed by atoms with van der Waals surface area (Å²) in [6.45, 7) is 5.19. The highest BCUT2D eigenvalue weighted by Gasteiger charge is 2.21. The van der Waals surface area contributed by atoms with Crippen LogP contribution in [0.5, 0.6) is 0 Å². The summed E-state index contributed by atoms with van der Waals surface area (Å²) in [5, 5.41) is 14.3. The molecule has 9 nitrogen and oxygen atoms in total. The Bertz CT molecular complexity index is 925. The standard InChI is InChI=1S/C22H27N3O6/c1-22(2,3)31-21(29)24-17-11-7-10-15(12-16(23)19(26)27)18(17)25-20(28)30-13-14-8-5-4-6-9-14/h4-11,16H,12-13,23H2,1-3H3,(H,24,29)(H,25,28)(H,26,27)/t16-/m0/s1. The van der Waals surface area contributed by atoms with Crippen LogP contribution in [0.25, 0.3) is 0 Å². The van der Waals surface area contributed by atoms with Crippen LogP contribution in [0.2, 0.25) is 0 Å². The van der Waals surface area contributed by atoms with Gasteiger partial charge in [-0.3, -0.25) is 15.4 Å². The number of aliphatic carboxylic acids is 1. The molecule has 0 heterocycles. The van der Waals surface area contributed by atoms with Gasteiger partial charge in [-0.25, -0.2) is 9.59 Å². The SMILES string of the molecule is CC(C)(C)OC(=O)Nc1cccc(C[C@H](N)C(=O)O)c1NC(=O)OCc1ccccc1. The molecule has 0 spiro atoms. The second-order valence-corrected chi connectivity index (χ2v) is 7.80. The van der Waals surface area contributed by atoms with E-state index in [2.05, 4.69) is 10.6 Å². The van der Waals surface area contributed by atoms with Crippen molar-refractivity contribution in [1.82, 2.24) is 0 Å². The monoisotopic (exact) mass is 429 g/mol. The van der Waals surface area contributed by atoms with Crippen molar-refractivity contribution in [2.75, 3.05) is 10.6 Å². The molecule has 5 N–H and O–H groups in total. The van der Waals surface area contributed by atoms with Crippen LogP contribution in [0.3, 0.4) is 0 Å². The maximum absolute atomic E-state index is 12.4. The number of hydrogen-bond acceptors (Lipinski definition) is 6. The van der Waals surface area contributed by atoms with Crippen molar-refractivity contribution in [2.45, 2.75) is 45.4 Å². The highest BCUT2D eigenvalue weighted by Crippen LogP contribution is 2.28. The van der Waals surface area contributed by atoms with E-state index in [9.17, 15) is 14.4 Å². The normalized spacial score (nSPS) is 11.9. The largest absolute Gasteiger partial charge is 0.480 e. The third-order valence-electron chi connectivity index (χ3n) is 3.98. The fraction of sp³-hybridized carbons (Fsp3) is 0.318. The first kappa shape index (κ1) is 23.7. The van der Waals surface area contributed by atoms with E-state index in [0.29, 0.717) is 5.56 Å². The van der Waals surface area contributed by atoms with E-state index in [-0.39, 0.29) is 24.4 Å². The van der Waals surface area contributed by atoms with Crippen molar-refractivity contribution in [1.29, 1.82) is 0 Å². The van der Waals surface area contributed by atoms with E-state index in [1.54, 1.807) is 39.0 Å². The Balaban J connectivity index is 2.23. The number of rotatable bonds is 7. The summed E-state index contributed by atoms with van der Waals surface area (Å²) in [5.41, 5.74) is 6.56. The molecule has 0 fully saturated rings. The Kier molecular flexibility index (Phi) is 7.98. The summed E-state index contributed by atoms with van der Waals surface area (Å²) in [7, 11) is 0. The summed E-state index contributed by atoms with van der Waals surface area (Å²) < 4.78 is 10.5. The molecule has 0 aromatic heterocycles. The predicted octanol–water partition coefficient (Wildman–Crippen LogP) is 3.74. The summed E-state index contributed by atoms with van der Waals surface area (Å²) >= 11 is 0. The zero-order valence-corrected chi connectivity index (χ0v) is 17.7. The number of amides is 2. The first-order chi connectivity index (χ1) is 14.5.